The van der Waals surface area contributed by atoms with E-state index in [-0.39, 0.29) is 6.10 Å². The van der Waals surface area contributed by atoms with Crippen molar-refractivity contribution < 1.29 is 5.11 Å². The van der Waals surface area contributed by atoms with Gasteiger partial charge in [0.1, 0.15) is 0 Å². The third-order valence-corrected chi connectivity index (χ3v) is 3.48. The molecule has 1 heteroatoms. The van der Waals surface area contributed by atoms with E-state index in [0.717, 1.165) is 25.7 Å². The zero-order valence-electron chi connectivity index (χ0n) is 10.5. The third kappa shape index (κ3) is 3.20. The van der Waals surface area contributed by atoms with Gasteiger partial charge in [-0.2, -0.15) is 0 Å². The Bertz CT molecular complexity index is 269. The predicted molar refractivity (Wildman–Crippen MR) is 65.8 cm³/mol. The Morgan fingerprint density at radius 2 is 2.20 bits per heavy atom. The summed E-state index contributed by atoms with van der Waals surface area (Å²) in [5.41, 5.74) is 4.31. The minimum absolute atomic E-state index is 0.152. The summed E-state index contributed by atoms with van der Waals surface area (Å²) in [5, 5.41) is 10.1. The van der Waals surface area contributed by atoms with Crippen molar-refractivity contribution in [2.75, 3.05) is 0 Å². The Kier molecular flexibility index (Phi) is 4.59. The summed E-state index contributed by atoms with van der Waals surface area (Å²) in [6.45, 7) is 8.64. The first-order chi connectivity index (χ1) is 7.06. The van der Waals surface area contributed by atoms with Crippen LogP contribution in [0.2, 0.25) is 0 Å². The molecule has 0 saturated heterocycles. The van der Waals surface area contributed by atoms with Crippen molar-refractivity contribution in [1.29, 1.82) is 0 Å². The van der Waals surface area contributed by atoms with Gasteiger partial charge in [-0.15, -0.1) is 0 Å². The highest BCUT2D eigenvalue weighted by Crippen LogP contribution is 2.33. The van der Waals surface area contributed by atoms with Gasteiger partial charge in [0, 0.05) is 5.92 Å². The molecule has 0 fully saturated rings. The summed E-state index contributed by atoms with van der Waals surface area (Å²) in [7, 11) is 0. The number of aliphatic hydroxyl groups is 1. The van der Waals surface area contributed by atoms with Crippen LogP contribution in [0.25, 0.3) is 0 Å². The predicted octanol–water partition coefficient (Wildman–Crippen LogP) is 3.84. The third-order valence-electron chi connectivity index (χ3n) is 3.48. The van der Waals surface area contributed by atoms with Crippen LogP contribution in [-0.4, -0.2) is 11.2 Å². The molecule has 0 aromatic heterocycles. The van der Waals surface area contributed by atoms with Gasteiger partial charge in [0.25, 0.3) is 0 Å². The SMILES string of the molecule is CCCC(O)C1CC(=C(C)C)CC=C1C. The molecular formula is C14H24O. The normalized spacial score (nSPS) is 23.7. The van der Waals surface area contributed by atoms with Crippen molar-refractivity contribution in [3.63, 3.8) is 0 Å². The van der Waals surface area contributed by atoms with E-state index in [2.05, 4.69) is 33.8 Å². The van der Waals surface area contributed by atoms with Gasteiger partial charge in [0.05, 0.1) is 6.10 Å². The molecule has 1 aliphatic carbocycles. The maximum Gasteiger partial charge on any atom is 0.0608 e. The first-order valence-electron chi connectivity index (χ1n) is 6.06. The van der Waals surface area contributed by atoms with E-state index in [1.807, 2.05) is 0 Å². The fraction of sp³-hybridized carbons (Fsp3) is 0.714. The first-order valence-corrected chi connectivity index (χ1v) is 6.06. The zero-order valence-corrected chi connectivity index (χ0v) is 10.5. The van der Waals surface area contributed by atoms with Crippen LogP contribution in [-0.2, 0) is 0 Å². The fourth-order valence-corrected chi connectivity index (χ4v) is 2.29. The summed E-state index contributed by atoms with van der Waals surface area (Å²) < 4.78 is 0. The summed E-state index contributed by atoms with van der Waals surface area (Å²) in [4.78, 5) is 0. The van der Waals surface area contributed by atoms with Crippen molar-refractivity contribution >= 4 is 0 Å². The van der Waals surface area contributed by atoms with Gasteiger partial charge >= 0.3 is 0 Å². The molecule has 15 heavy (non-hydrogen) atoms. The van der Waals surface area contributed by atoms with Crippen LogP contribution in [0.5, 0.6) is 0 Å². The Morgan fingerprint density at radius 3 is 2.73 bits per heavy atom. The number of rotatable bonds is 3. The number of allylic oxidation sites excluding steroid dienone is 3. The molecule has 86 valence electrons. The van der Waals surface area contributed by atoms with Crippen LogP contribution in [0, 0.1) is 5.92 Å². The Hall–Kier alpha value is -0.560. The van der Waals surface area contributed by atoms with E-state index in [9.17, 15) is 5.11 Å². The molecule has 0 saturated carbocycles. The molecular weight excluding hydrogens is 184 g/mol. The van der Waals surface area contributed by atoms with Crippen LogP contribution in [0.15, 0.2) is 22.8 Å². The topological polar surface area (TPSA) is 20.2 Å². The molecule has 0 aromatic rings. The molecule has 0 aromatic carbocycles. The molecule has 2 atom stereocenters. The second-order valence-electron chi connectivity index (χ2n) is 4.92. The Morgan fingerprint density at radius 1 is 1.53 bits per heavy atom. The molecule has 1 aliphatic rings. The maximum atomic E-state index is 10.1. The lowest BCUT2D eigenvalue weighted by molar-refractivity contribution is 0.112. The molecule has 1 nitrogen and oxygen atoms in total. The van der Waals surface area contributed by atoms with E-state index < -0.39 is 0 Å². The highest BCUT2D eigenvalue weighted by atomic mass is 16.3. The van der Waals surface area contributed by atoms with Gasteiger partial charge < -0.3 is 5.11 Å². The van der Waals surface area contributed by atoms with Gasteiger partial charge in [-0.05, 0) is 40.0 Å². The van der Waals surface area contributed by atoms with Crippen LogP contribution >= 0.6 is 0 Å². The Balaban J connectivity index is 2.76. The van der Waals surface area contributed by atoms with Crippen molar-refractivity contribution in [3.8, 4) is 0 Å². The molecule has 0 radical (unpaired) electrons. The average Bonchev–Trinajstić information content (AvgIpc) is 2.18. The van der Waals surface area contributed by atoms with Crippen LogP contribution in [0.1, 0.15) is 53.4 Å². The summed E-state index contributed by atoms with van der Waals surface area (Å²) in [6.07, 6.45) is 6.27. The lowest BCUT2D eigenvalue weighted by Gasteiger charge is -2.29. The molecule has 1 rings (SSSR count). The van der Waals surface area contributed by atoms with Gasteiger partial charge in [-0.1, -0.05) is 36.1 Å². The lowest BCUT2D eigenvalue weighted by atomic mass is 9.79. The number of hydrogen-bond acceptors (Lipinski definition) is 1. The molecule has 0 aliphatic heterocycles. The fourth-order valence-electron chi connectivity index (χ4n) is 2.29. The highest BCUT2D eigenvalue weighted by molar-refractivity contribution is 5.24. The number of hydrogen-bond donors (Lipinski definition) is 1. The largest absolute Gasteiger partial charge is 0.392 e. The van der Waals surface area contributed by atoms with Crippen molar-refractivity contribution in [2.45, 2.75) is 59.5 Å². The van der Waals surface area contributed by atoms with Gasteiger partial charge in [-0.3, -0.25) is 0 Å². The molecule has 0 bridgehead atoms. The quantitative estimate of drug-likeness (QED) is 0.699. The van der Waals surface area contributed by atoms with E-state index in [0.29, 0.717) is 5.92 Å². The minimum Gasteiger partial charge on any atom is -0.392 e. The summed E-state index contributed by atoms with van der Waals surface area (Å²) in [5.74, 6) is 0.364. The average molecular weight is 208 g/mol. The van der Waals surface area contributed by atoms with Crippen molar-refractivity contribution in [1.82, 2.24) is 0 Å². The van der Waals surface area contributed by atoms with Crippen LogP contribution in [0.3, 0.4) is 0 Å². The number of aliphatic hydroxyl groups excluding tert-OH is 1. The van der Waals surface area contributed by atoms with E-state index in [4.69, 9.17) is 0 Å². The minimum atomic E-state index is -0.152. The van der Waals surface area contributed by atoms with Gasteiger partial charge in [-0.25, -0.2) is 0 Å². The smallest absolute Gasteiger partial charge is 0.0608 e. The van der Waals surface area contributed by atoms with E-state index >= 15 is 0 Å². The standard InChI is InChI=1S/C14H24O/c1-5-6-14(15)13-9-12(10(2)3)8-7-11(13)4/h7,13-15H,5-6,8-9H2,1-4H3. The van der Waals surface area contributed by atoms with Crippen LogP contribution < -0.4 is 0 Å². The molecule has 0 heterocycles. The highest BCUT2D eigenvalue weighted by Gasteiger charge is 2.24. The van der Waals surface area contributed by atoms with E-state index in [1.54, 1.807) is 0 Å². The maximum absolute atomic E-state index is 10.1. The monoisotopic (exact) mass is 208 g/mol. The Labute approximate surface area is 93.9 Å². The van der Waals surface area contributed by atoms with Crippen molar-refractivity contribution in [3.05, 3.63) is 22.8 Å². The van der Waals surface area contributed by atoms with E-state index in [1.165, 1.54) is 16.7 Å². The second kappa shape index (κ2) is 5.50. The van der Waals surface area contributed by atoms with Crippen molar-refractivity contribution in [2.24, 2.45) is 5.92 Å². The van der Waals surface area contributed by atoms with Crippen LogP contribution in [0.4, 0.5) is 0 Å². The van der Waals surface area contributed by atoms with Gasteiger partial charge in [0.15, 0.2) is 0 Å². The van der Waals surface area contributed by atoms with Gasteiger partial charge in [0.2, 0.25) is 0 Å². The summed E-state index contributed by atoms with van der Waals surface area (Å²) >= 11 is 0. The molecule has 0 amide bonds. The molecule has 2 unspecified atom stereocenters. The summed E-state index contributed by atoms with van der Waals surface area (Å²) in [6, 6.07) is 0. The molecule has 0 spiro atoms. The second-order valence-corrected chi connectivity index (χ2v) is 4.92. The lowest BCUT2D eigenvalue weighted by Crippen LogP contribution is -2.24. The zero-order chi connectivity index (χ0) is 11.4. The molecule has 1 N–H and O–H groups in total. The first kappa shape index (κ1) is 12.5.